The van der Waals surface area contributed by atoms with Gasteiger partial charge in [0.05, 0.1) is 30.7 Å². The topological polar surface area (TPSA) is 81.2 Å². The Bertz CT molecular complexity index is 911. The monoisotopic (exact) mass is 361 g/mol. The Morgan fingerprint density at radius 2 is 2.04 bits per heavy atom. The first-order chi connectivity index (χ1) is 11.6. The summed E-state index contributed by atoms with van der Waals surface area (Å²) >= 11 is 1.17. The predicted octanol–water partition coefficient (Wildman–Crippen LogP) is 2.69. The van der Waals surface area contributed by atoms with Crippen LogP contribution in [0, 0.1) is 0 Å². The molecule has 0 saturated carbocycles. The van der Waals surface area contributed by atoms with E-state index in [0.717, 1.165) is 0 Å². The lowest BCUT2D eigenvalue weighted by Crippen LogP contribution is -2.23. The van der Waals surface area contributed by atoms with Crippen LogP contribution in [0.25, 0.3) is 11.4 Å². The fourth-order valence-corrected chi connectivity index (χ4v) is 4.11. The van der Waals surface area contributed by atoms with Crippen LogP contribution in [0.2, 0.25) is 0 Å². The van der Waals surface area contributed by atoms with Gasteiger partial charge in [-0.2, -0.15) is 0 Å². The Hall–Kier alpha value is -2.29. The highest BCUT2D eigenvalue weighted by atomic mass is 32.2. The molecule has 0 bridgehead atoms. The van der Waals surface area contributed by atoms with Crippen LogP contribution in [0.3, 0.4) is 0 Å². The Labute approximate surface area is 144 Å². The van der Waals surface area contributed by atoms with Crippen molar-refractivity contribution in [2.24, 2.45) is 0 Å². The van der Waals surface area contributed by atoms with Crippen molar-refractivity contribution in [3.05, 3.63) is 59.7 Å². The standard InChI is InChI=1S/C16H15N3O3S2/c1-22-13-9-12(11-18-24(20,21)16-6-4-8-23-16)19-15(10-13)14-5-2-3-7-17-14/h2-10,18H,11H2,1H3. The molecule has 0 aliphatic rings. The van der Waals surface area contributed by atoms with E-state index in [2.05, 4.69) is 14.7 Å². The lowest BCUT2D eigenvalue weighted by Gasteiger charge is -2.09. The smallest absolute Gasteiger partial charge is 0.250 e. The molecule has 3 aromatic heterocycles. The number of thiophene rings is 1. The number of rotatable bonds is 6. The van der Waals surface area contributed by atoms with Gasteiger partial charge < -0.3 is 4.74 Å². The van der Waals surface area contributed by atoms with Gasteiger partial charge in [0, 0.05) is 18.3 Å². The molecule has 3 heterocycles. The number of hydrogen-bond donors (Lipinski definition) is 1. The SMILES string of the molecule is COc1cc(CNS(=O)(=O)c2cccs2)nc(-c2ccccn2)c1. The molecule has 0 aromatic carbocycles. The zero-order chi connectivity index (χ0) is 17.0. The van der Waals surface area contributed by atoms with Crippen molar-refractivity contribution in [3.8, 4) is 17.1 Å². The van der Waals surface area contributed by atoms with Crippen LogP contribution in [-0.2, 0) is 16.6 Å². The van der Waals surface area contributed by atoms with Gasteiger partial charge in [0.15, 0.2) is 0 Å². The quantitative estimate of drug-likeness (QED) is 0.730. The molecule has 0 radical (unpaired) electrons. The van der Waals surface area contributed by atoms with Crippen molar-refractivity contribution < 1.29 is 13.2 Å². The number of nitrogens with one attached hydrogen (secondary N) is 1. The Morgan fingerprint density at radius 1 is 1.17 bits per heavy atom. The third-order valence-electron chi connectivity index (χ3n) is 3.22. The van der Waals surface area contributed by atoms with E-state index in [0.29, 0.717) is 22.8 Å². The number of sulfonamides is 1. The van der Waals surface area contributed by atoms with Crippen LogP contribution in [0.4, 0.5) is 0 Å². The summed E-state index contributed by atoms with van der Waals surface area (Å²) in [4.78, 5) is 8.73. The number of hydrogen-bond acceptors (Lipinski definition) is 6. The minimum absolute atomic E-state index is 0.0667. The fraction of sp³-hybridized carbons (Fsp3) is 0.125. The van der Waals surface area contributed by atoms with Crippen molar-refractivity contribution in [2.45, 2.75) is 10.8 Å². The first-order valence-electron chi connectivity index (χ1n) is 7.08. The van der Waals surface area contributed by atoms with Gasteiger partial charge in [-0.15, -0.1) is 11.3 Å². The molecule has 0 aliphatic heterocycles. The molecule has 24 heavy (non-hydrogen) atoms. The van der Waals surface area contributed by atoms with E-state index >= 15 is 0 Å². The van der Waals surface area contributed by atoms with Gasteiger partial charge in [-0.25, -0.2) is 18.1 Å². The predicted molar refractivity (Wildman–Crippen MR) is 92.4 cm³/mol. The molecular weight excluding hydrogens is 346 g/mol. The van der Waals surface area contributed by atoms with Gasteiger partial charge in [-0.05, 0) is 23.6 Å². The maximum atomic E-state index is 12.2. The van der Waals surface area contributed by atoms with E-state index in [1.807, 2.05) is 18.2 Å². The number of nitrogens with zero attached hydrogens (tertiary/aromatic N) is 2. The molecule has 0 atom stereocenters. The minimum atomic E-state index is -3.54. The van der Waals surface area contributed by atoms with E-state index in [9.17, 15) is 8.42 Å². The van der Waals surface area contributed by atoms with E-state index in [-0.39, 0.29) is 10.8 Å². The molecule has 0 fully saturated rings. The molecular formula is C16H15N3O3S2. The summed E-state index contributed by atoms with van der Waals surface area (Å²) < 4.78 is 32.5. The van der Waals surface area contributed by atoms with Crippen molar-refractivity contribution in [2.75, 3.05) is 7.11 Å². The van der Waals surface area contributed by atoms with Crippen LogP contribution < -0.4 is 9.46 Å². The largest absolute Gasteiger partial charge is 0.497 e. The lowest BCUT2D eigenvalue weighted by atomic mass is 10.2. The summed E-state index contributed by atoms with van der Waals surface area (Å²) in [6, 6.07) is 12.2. The maximum absolute atomic E-state index is 12.2. The van der Waals surface area contributed by atoms with Gasteiger partial charge >= 0.3 is 0 Å². The third kappa shape index (κ3) is 3.78. The van der Waals surface area contributed by atoms with E-state index in [1.165, 1.54) is 11.3 Å². The van der Waals surface area contributed by atoms with Crippen LogP contribution in [0.5, 0.6) is 5.75 Å². The van der Waals surface area contributed by atoms with E-state index < -0.39 is 10.0 Å². The zero-order valence-electron chi connectivity index (χ0n) is 12.8. The van der Waals surface area contributed by atoms with Crippen LogP contribution in [0.1, 0.15) is 5.69 Å². The second-order valence-electron chi connectivity index (χ2n) is 4.86. The van der Waals surface area contributed by atoms with Crippen molar-refractivity contribution in [1.82, 2.24) is 14.7 Å². The van der Waals surface area contributed by atoms with E-state index in [1.54, 1.807) is 43.0 Å². The van der Waals surface area contributed by atoms with Gasteiger partial charge in [0.1, 0.15) is 9.96 Å². The van der Waals surface area contributed by atoms with Gasteiger partial charge in [-0.3, -0.25) is 4.98 Å². The first-order valence-corrected chi connectivity index (χ1v) is 9.44. The highest BCUT2D eigenvalue weighted by molar-refractivity contribution is 7.91. The van der Waals surface area contributed by atoms with Crippen molar-refractivity contribution >= 4 is 21.4 Å². The third-order valence-corrected chi connectivity index (χ3v) is 6.02. The number of ether oxygens (including phenoxy) is 1. The van der Waals surface area contributed by atoms with Crippen molar-refractivity contribution in [3.63, 3.8) is 0 Å². The normalized spacial score (nSPS) is 11.4. The molecule has 0 saturated heterocycles. The molecule has 0 spiro atoms. The molecule has 124 valence electrons. The number of methoxy groups -OCH3 is 1. The van der Waals surface area contributed by atoms with Gasteiger partial charge in [0.25, 0.3) is 0 Å². The van der Waals surface area contributed by atoms with E-state index in [4.69, 9.17) is 4.74 Å². The zero-order valence-corrected chi connectivity index (χ0v) is 14.5. The second-order valence-corrected chi connectivity index (χ2v) is 7.80. The summed E-state index contributed by atoms with van der Waals surface area (Å²) in [5, 5.41) is 1.72. The Morgan fingerprint density at radius 3 is 2.71 bits per heavy atom. The van der Waals surface area contributed by atoms with Crippen molar-refractivity contribution in [1.29, 1.82) is 0 Å². The molecule has 3 aromatic rings. The second kappa shape index (κ2) is 7.08. The van der Waals surface area contributed by atoms with Gasteiger partial charge in [0.2, 0.25) is 10.0 Å². The first kappa shape index (κ1) is 16.6. The average Bonchev–Trinajstić information content (AvgIpc) is 3.16. The summed E-state index contributed by atoms with van der Waals surface area (Å²) in [5.41, 5.74) is 1.87. The summed E-state index contributed by atoms with van der Waals surface area (Å²) in [6.07, 6.45) is 1.68. The number of pyridine rings is 2. The minimum Gasteiger partial charge on any atom is -0.497 e. The molecule has 6 nitrogen and oxygen atoms in total. The molecule has 0 unspecified atom stereocenters. The average molecular weight is 361 g/mol. The fourth-order valence-electron chi connectivity index (χ4n) is 2.07. The molecule has 8 heteroatoms. The van der Waals surface area contributed by atoms with Crippen LogP contribution in [0.15, 0.2) is 58.3 Å². The summed E-state index contributed by atoms with van der Waals surface area (Å²) in [5.74, 6) is 0.593. The van der Waals surface area contributed by atoms with Crippen LogP contribution in [-0.4, -0.2) is 25.5 Å². The Kier molecular flexibility index (Phi) is 4.89. The Balaban J connectivity index is 1.86. The molecule has 3 rings (SSSR count). The summed E-state index contributed by atoms with van der Waals surface area (Å²) in [6.45, 7) is 0.0667. The molecule has 0 amide bonds. The number of aromatic nitrogens is 2. The van der Waals surface area contributed by atoms with Crippen LogP contribution >= 0.6 is 11.3 Å². The maximum Gasteiger partial charge on any atom is 0.250 e. The highest BCUT2D eigenvalue weighted by Gasteiger charge is 2.15. The lowest BCUT2D eigenvalue weighted by molar-refractivity contribution is 0.413. The summed E-state index contributed by atoms with van der Waals surface area (Å²) in [7, 11) is -1.99. The highest BCUT2D eigenvalue weighted by Crippen LogP contribution is 2.22. The molecule has 0 aliphatic carbocycles. The molecule has 1 N–H and O–H groups in total. The van der Waals surface area contributed by atoms with Gasteiger partial charge in [-0.1, -0.05) is 12.1 Å².